The van der Waals surface area contributed by atoms with E-state index in [0.717, 1.165) is 0 Å². The number of Topliss-reactive ketones (excluding diaryl/α,β-unsaturated/α-hetero) is 1. The lowest BCUT2D eigenvalue weighted by Crippen LogP contribution is -2.24. The highest BCUT2D eigenvalue weighted by Gasteiger charge is 2.21. The lowest BCUT2D eigenvalue weighted by molar-refractivity contribution is -0.114. The molecule has 0 bridgehead atoms. The van der Waals surface area contributed by atoms with E-state index in [1.807, 2.05) is 0 Å². The molecule has 1 atom stereocenters. The van der Waals surface area contributed by atoms with Crippen LogP contribution in [0.3, 0.4) is 0 Å². The number of hydrogen-bond donors (Lipinski definition) is 2. The maximum absolute atomic E-state index is 12.4. The minimum absolute atomic E-state index is 0.0120. The maximum atomic E-state index is 12.4. The summed E-state index contributed by atoms with van der Waals surface area (Å²) >= 11 is 0. The van der Waals surface area contributed by atoms with Crippen molar-refractivity contribution in [3.63, 3.8) is 0 Å². The highest BCUT2D eigenvalue weighted by atomic mass is 16.5. The first kappa shape index (κ1) is 18.2. The van der Waals surface area contributed by atoms with Crippen LogP contribution in [-0.2, 0) is 9.53 Å². The molecule has 0 fully saturated rings. The molecule has 0 spiro atoms. The summed E-state index contributed by atoms with van der Waals surface area (Å²) in [5.74, 6) is -1.27. The first-order valence-electron chi connectivity index (χ1n) is 7.70. The highest BCUT2D eigenvalue weighted by Crippen LogP contribution is 2.19. The van der Waals surface area contributed by atoms with Gasteiger partial charge in [0, 0.05) is 18.2 Å². The van der Waals surface area contributed by atoms with E-state index in [9.17, 15) is 19.5 Å². The Bertz CT molecular complexity index is 811. The topological polar surface area (TPSA) is 92.7 Å². The zero-order valence-corrected chi connectivity index (χ0v) is 14.2. The van der Waals surface area contributed by atoms with Crippen molar-refractivity contribution in [3.05, 3.63) is 59.2 Å². The van der Waals surface area contributed by atoms with Crippen molar-refractivity contribution in [1.29, 1.82) is 0 Å². The molecule has 1 amide bonds. The molecule has 0 aliphatic heterocycles. The van der Waals surface area contributed by atoms with Gasteiger partial charge in [-0.15, -0.1) is 0 Å². The lowest BCUT2D eigenvalue weighted by Gasteiger charge is -2.13. The molecule has 6 heteroatoms. The van der Waals surface area contributed by atoms with Crippen molar-refractivity contribution < 1.29 is 24.2 Å². The van der Waals surface area contributed by atoms with Gasteiger partial charge in [-0.25, -0.2) is 4.79 Å². The Morgan fingerprint density at radius 1 is 1.04 bits per heavy atom. The van der Waals surface area contributed by atoms with Gasteiger partial charge < -0.3 is 15.2 Å². The largest absolute Gasteiger partial charge is 0.508 e. The minimum atomic E-state index is -0.984. The van der Waals surface area contributed by atoms with Crippen LogP contribution in [0, 0.1) is 6.92 Å². The summed E-state index contributed by atoms with van der Waals surface area (Å²) in [5, 5.41) is 12.3. The van der Waals surface area contributed by atoms with E-state index < -0.39 is 12.1 Å². The Labute approximate surface area is 145 Å². The van der Waals surface area contributed by atoms with Crippen LogP contribution in [0.1, 0.15) is 40.1 Å². The molecule has 2 rings (SSSR count). The third kappa shape index (κ3) is 4.67. The van der Waals surface area contributed by atoms with E-state index >= 15 is 0 Å². The Morgan fingerprint density at radius 2 is 1.64 bits per heavy atom. The van der Waals surface area contributed by atoms with Gasteiger partial charge in [0.25, 0.3) is 0 Å². The summed E-state index contributed by atoms with van der Waals surface area (Å²) in [7, 11) is 0. The van der Waals surface area contributed by atoms with Crippen LogP contribution < -0.4 is 5.32 Å². The first-order valence-corrected chi connectivity index (χ1v) is 7.70. The van der Waals surface area contributed by atoms with Crippen molar-refractivity contribution in [1.82, 2.24) is 0 Å². The van der Waals surface area contributed by atoms with Gasteiger partial charge in [-0.3, -0.25) is 9.59 Å². The van der Waals surface area contributed by atoms with Crippen LogP contribution in [0.25, 0.3) is 0 Å². The van der Waals surface area contributed by atoms with Gasteiger partial charge >= 0.3 is 5.97 Å². The third-order valence-corrected chi connectivity index (χ3v) is 3.59. The summed E-state index contributed by atoms with van der Waals surface area (Å²) < 4.78 is 5.17. The second-order valence-corrected chi connectivity index (χ2v) is 5.67. The number of anilines is 1. The summed E-state index contributed by atoms with van der Waals surface area (Å²) in [6, 6.07) is 10.7. The van der Waals surface area contributed by atoms with Gasteiger partial charge in [0.1, 0.15) is 5.75 Å². The number of esters is 1. The zero-order valence-electron chi connectivity index (χ0n) is 14.2. The number of hydrogen-bond acceptors (Lipinski definition) is 5. The average Bonchev–Trinajstić information content (AvgIpc) is 2.56. The summed E-state index contributed by atoms with van der Waals surface area (Å²) in [6.07, 6.45) is -0.984. The van der Waals surface area contributed by atoms with E-state index in [-0.39, 0.29) is 23.0 Å². The number of amides is 1. The van der Waals surface area contributed by atoms with Gasteiger partial charge in [0.2, 0.25) is 11.7 Å². The van der Waals surface area contributed by atoms with Crippen LogP contribution in [0.5, 0.6) is 5.75 Å². The normalized spacial score (nSPS) is 11.5. The lowest BCUT2D eigenvalue weighted by atomic mass is 10.1. The van der Waals surface area contributed by atoms with Crippen LogP contribution in [-0.4, -0.2) is 28.9 Å². The molecule has 2 aromatic carbocycles. The number of carbonyl (C=O) groups is 3. The standard InChI is InChI=1S/C19H19NO5/c1-11-4-5-15(10-17(11)22)19(24)25-12(2)18(23)14-6-8-16(9-7-14)20-13(3)21/h4-10,12,22H,1-3H3,(H,20,21)/t12-/m0/s1. The number of rotatable bonds is 5. The Morgan fingerprint density at radius 3 is 2.20 bits per heavy atom. The fraction of sp³-hybridized carbons (Fsp3) is 0.211. The smallest absolute Gasteiger partial charge is 0.338 e. The Kier molecular flexibility index (Phi) is 5.54. The van der Waals surface area contributed by atoms with Crippen LogP contribution in [0.2, 0.25) is 0 Å². The van der Waals surface area contributed by atoms with Crippen molar-refractivity contribution in [2.24, 2.45) is 0 Å². The fourth-order valence-corrected chi connectivity index (χ4v) is 2.17. The highest BCUT2D eigenvalue weighted by molar-refractivity contribution is 6.02. The molecule has 2 N–H and O–H groups in total. The summed E-state index contributed by atoms with van der Waals surface area (Å²) in [6.45, 7) is 4.58. The van der Waals surface area contributed by atoms with Crippen LogP contribution in [0.15, 0.2) is 42.5 Å². The molecule has 0 saturated heterocycles. The molecule has 0 aliphatic rings. The number of ketones is 1. The van der Waals surface area contributed by atoms with Crippen molar-refractivity contribution in [2.75, 3.05) is 5.32 Å². The number of phenolic OH excluding ortho intramolecular Hbond substituents is 1. The number of phenols is 1. The number of ether oxygens (including phenoxy) is 1. The summed E-state index contributed by atoms with van der Waals surface area (Å²) in [4.78, 5) is 35.4. The molecule has 0 saturated carbocycles. The number of nitrogens with one attached hydrogen (secondary N) is 1. The molecular formula is C19H19NO5. The number of carbonyl (C=O) groups excluding carboxylic acids is 3. The van der Waals surface area contributed by atoms with Gasteiger partial charge in [-0.1, -0.05) is 6.07 Å². The number of aromatic hydroxyl groups is 1. The maximum Gasteiger partial charge on any atom is 0.338 e. The fourth-order valence-electron chi connectivity index (χ4n) is 2.17. The van der Waals surface area contributed by atoms with E-state index in [4.69, 9.17) is 4.74 Å². The molecule has 6 nitrogen and oxygen atoms in total. The van der Waals surface area contributed by atoms with Crippen molar-refractivity contribution in [2.45, 2.75) is 26.9 Å². The van der Waals surface area contributed by atoms with Gasteiger partial charge in [-0.2, -0.15) is 0 Å². The Hall–Kier alpha value is -3.15. The number of benzene rings is 2. The molecule has 25 heavy (non-hydrogen) atoms. The molecular weight excluding hydrogens is 322 g/mol. The van der Waals surface area contributed by atoms with E-state index in [1.54, 1.807) is 37.3 Å². The van der Waals surface area contributed by atoms with Crippen molar-refractivity contribution in [3.8, 4) is 5.75 Å². The minimum Gasteiger partial charge on any atom is -0.508 e. The molecule has 0 unspecified atom stereocenters. The molecule has 0 aromatic heterocycles. The predicted molar refractivity (Wildman–Crippen MR) is 92.8 cm³/mol. The molecule has 0 aliphatic carbocycles. The second kappa shape index (κ2) is 7.61. The van der Waals surface area contributed by atoms with Crippen LogP contribution >= 0.6 is 0 Å². The number of aryl methyl sites for hydroxylation is 1. The Balaban J connectivity index is 2.05. The summed E-state index contributed by atoms with van der Waals surface area (Å²) in [5.41, 5.74) is 1.74. The third-order valence-electron chi connectivity index (χ3n) is 3.59. The average molecular weight is 341 g/mol. The van der Waals surface area contributed by atoms with E-state index in [2.05, 4.69) is 5.32 Å². The molecule has 0 radical (unpaired) electrons. The first-order chi connectivity index (χ1) is 11.8. The van der Waals surface area contributed by atoms with Gasteiger partial charge in [0.05, 0.1) is 5.56 Å². The van der Waals surface area contributed by atoms with Crippen LogP contribution in [0.4, 0.5) is 5.69 Å². The quantitative estimate of drug-likeness (QED) is 0.644. The van der Waals surface area contributed by atoms with E-state index in [1.165, 1.54) is 26.0 Å². The molecule has 2 aromatic rings. The monoisotopic (exact) mass is 341 g/mol. The van der Waals surface area contributed by atoms with Crippen molar-refractivity contribution >= 4 is 23.3 Å². The molecule has 0 heterocycles. The van der Waals surface area contributed by atoms with E-state index in [0.29, 0.717) is 16.8 Å². The second-order valence-electron chi connectivity index (χ2n) is 5.67. The van der Waals surface area contributed by atoms with Gasteiger partial charge in [0.15, 0.2) is 6.10 Å². The zero-order chi connectivity index (χ0) is 18.6. The predicted octanol–water partition coefficient (Wildman–Crippen LogP) is 3.09. The molecule has 130 valence electrons. The SMILES string of the molecule is CC(=O)Nc1ccc(C(=O)[C@H](C)OC(=O)c2ccc(C)c(O)c2)cc1. The van der Waals surface area contributed by atoms with Gasteiger partial charge in [-0.05, 0) is 55.8 Å².